The van der Waals surface area contributed by atoms with Gasteiger partial charge in [-0.2, -0.15) is 0 Å². The highest BCUT2D eigenvalue weighted by molar-refractivity contribution is 8.12. The Hall–Kier alpha value is 0.197. The first kappa shape index (κ1) is 10.3. The van der Waals surface area contributed by atoms with E-state index in [0.29, 0.717) is 6.17 Å². The summed E-state index contributed by atoms with van der Waals surface area (Å²) in [5, 5.41) is 0. The second-order valence-corrected chi connectivity index (χ2v) is 9.82. The van der Waals surface area contributed by atoms with Gasteiger partial charge in [-0.25, -0.2) is 0 Å². The van der Waals surface area contributed by atoms with E-state index in [2.05, 4.69) is 36.1 Å². The van der Waals surface area contributed by atoms with Crippen LogP contribution in [-0.4, -0.2) is 36.8 Å². The highest BCUT2D eigenvalue weighted by Gasteiger charge is 2.29. The van der Waals surface area contributed by atoms with Crippen LogP contribution in [0.15, 0.2) is 4.99 Å². The fourth-order valence-corrected chi connectivity index (χ4v) is 4.47. The molecular weight excluding hydrogens is 184 g/mol. The van der Waals surface area contributed by atoms with Crippen molar-refractivity contribution in [2.24, 2.45) is 4.99 Å². The van der Waals surface area contributed by atoms with Crippen LogP contribution in [0.3, 0.4) is 0 Å². The zero-order valence-electron chi connectivity index (χ0n) is 8.37. The molecule has 70 valence electrons. The molecule has 1 aliphatic rings. The standard InChI is InChI=1S/C8H18N2SSi/c1-5-10(12(2,3)4)8-6-11-7-9-8/h7-8H,5-6H2,1-4H3. The maximum atomic E-state index is 4.47. The van der Waals surface area contributed by atoms with Gasteiger partial charge in [-0.05, 0) is 6.54 Å². The predicted octanol–water partition coefficient (Wildman–Crippen LogP) is 2.24. The summed E-state index contributed by atoms with van der Waals surface area (Å²) in [4.78, 5) is 4.47. The van der Waals surface area contributed by atoms with E-state index < -0.39 is 8.24 Å². The molecule has 4 heteroatoms. The van der Waals surface area contributed by atoms with Crippen molar-refractivity contribution in [3.05, 3.63) is 0 Å². The number of hydrogen-bond donors (Lipinski definition) is 0. The van der Waals surface area contributed by atoms with Gasteiger partial charge in [0.15, 0.2) is 0 Å². The molecule has 0 bridgehead atoms. The number of hydrogen-bond acceptors (Lipinski definition) is 3. The Labute approximate surface area is 80.5 Å². The molecule has 0 fully saturated rings. The molecule has 0 N–H and O–H groups in total. The summed E-state index contributed by atoms with van der Waals surface area (Å²) in [6, 6.07) is 0. The lowest BCUT2D eigenvalue weighted by Crippen LogP contribution is -2.51. The van der Waals surface area contributed by atoms with Crippen LogP contribution in [0.1, 0.15) is 6.92 Å². The fourth-order valence-electron chi connectivity index (χ4n) is 1.59. The van der Waals surface area contributed by atoms with Crippen molar-refractivity contribution in [2.45, 2.75) is 32.7 Å². The van der Waals surface area contributed by atoms with Crippen LogP contribution in [0.4, 0.5) is 0 Å². The van der Waals surface area contributed by atoms with Crippen LogP contribution >= 0.6 is 11.8 Å². The number of aliphatic imine (C=N–C) groups is 1. The molecule has 1 unspecified atom stereocenters. The minimum atomic E-state index is -1.15. The maximum Gasteiger partial charge on any atom is 0.121 e. The van der Waals surface area contributed by atoms with Crippen LogP contribution < -0.4 is 0 Å². The zero-order chi connectivity index (χ0) is 9.19. The Kier molecular flexibility index (Phi) is 3.37. The van der Waals surface area contributed by atoms with E-state index in [1.165, 1.54) is 0 Å². The molecule has 12 heavy (non-hydrogen) atoms. The summed E-state index contributed by atoms with van der Waals surface area (Å²) in [5.74, 6) is 1.15. The summed E-state index contributed by atoms with van der Waals surface area (Å²) in [7, 11) is -1.15. The van der Waals surface area contributed by atoms with Crippen molar-refractivity contribution in [1.29, 1.82) is 0 Å². The number of rotatable bonds is 3. The summed E-state index contributed by atoms with van der Waals surface area (Å²) >= 11 is 1.83. The van der Waals surface area contributed by atoms with Crippen molar-refractivity contribution in [3.63, 3.8) is 0 Å². The van der Waals surface area contributed by atoms with Crippen molar-refractivity contribution in [1.82, 2.24) is 4.57 Å². The molecule has 1 rings (SSSR count). The topological polar surface area (TPSA) is 15.6 Å². The van der Waals surface area contributed by atoms with E-state index in [1.807, 2.05) is 17.3 Å². The summed E-state index contributed by atoms with van der Waals surface area (Å²) in [5.41, 5.74) is 1.99. The molecule has 0 aliphatic carbocycles. The molecular formula is C8H18N2SSi. The third-order valence-corrected chi connectivity index (χ3v) is 5.21. The van der Waals surface area contributed by atoms with Gasteiger partial charge in [0.2, 0.25) is 0 Å². The molecule has 1 atom stereocenters. The van der Waals surface area contributed by atoms with Crippen molar-refractivity contribution >= 4 is 25.5 Å². The zero-order valence-corrected chi connectivity index (χ0v) is 10.2. The molecule has 0 aromatic rings. The van der Waals surface area contributed by atoms with Gasteiger partial charge in [-0.3, -0.25) is 4.99 Å². The minimum Gasteiger partial charge on any atom is -0.303 e. The first-order valence-corrected chi connectivity index (χ1v) is 8.95. The molecule has 0 amide bonds. The third kappa shape index (κ3) is 2.34. The average Bonchev–Trinajstić information content (AvgIpc) is 2.38. The average molecular weight is 202 g/mol. The summed E-state index contributed by atoms with van der Waals surface area (Å²) < 4.78 is 2.57. The van der Waals surface area contributed by atoms with Gasteiger partial charge in [0, 0.05) is 5.75 Å². The molecule has 0 saturated carbocycles. The van der Waals surface area contributed by atoms with Gasteiger partial charge in [0.25, 0.3) is 0 Å². The monoisotopic (exact) mass is 202 g/mol. The Morgan fingerprint density at radius 1 is 1.58 bits per heavy atom. The van der Waals surface area contributed by atoms with Crippen LogP contribution in [-0.2, 0) is 0 Å². The largest absolute Gasteiger partial charge is 0.303 e. The van der Waals surface area contributed by atoms with Gasteiger partial charge < -0.3 is 4.57 Å². The molecule has 0 saturated heterocycles. The highest BCUT2D eigenvalue weighted by Crippen LogP contribution is 2.20. The van der Waals surface area contributed by atoms with Crippen LogP contribution in [0.25, 0.3) is 0 Å². The van der Waals surface area contributed by atoms with Crippen molar-refractivity contribution in [2.75, 3.05) is 12.3 Å². The lowest BCUT2D eigenvalue weighted by Gasteiger charge is -2.36. The van der Waals surface area contributed by atoms with Crippen LogP contribution in [0.2, 0.25) is 19.6 Å². The lowest BCUT2D eigenvalue weighted by molar-refractivity contribution is 0.368. The van der Waals surface area contributed by atoms with Gasteiger partial charge in [-0.1, -0.05) is 26.6 Å². The summed E-state index contributed by atoms with van der Waals surface area (Å²) in [6.07, 6.45) is 0.465. The third-order valence-electron chi connectivity index (χ3n) is 2.11. The van der Waals surface area contributed by atoms with E-state index >= 15 is 0 Å². The molecule has 2 nitrogen and oxygen atoms in total. The van der Waals surface area contributed by atoms with E-state index in [9.17, 15) is 0 Å². The second-order valence-electron chi connectivity index (χ2n) is 4.03. The molecule has 1 aliphatic heterocycles. The fraction of sp³-hybridized carbons (Fsp3) is 0.875. The van der Waals surface area contributed by atoms with Crippen LogP contribution in [0, 0.1) is 0 Å². The number of nitrogens with zero attached hydrogens (tertiary/aromatic N) is 2. The quantitative estimate of drug-likeness (QED) is 0.652. The SMILES string of the molecule is CCN(C1CSC=N1)[Si](C)(C)C. The second kappa shape index (κ2) is 3.94. The molecule has 0 radical (unpaired) electrons. The van der Waals surface area contributed by atoms with Gasteiger partial charge >= 0.3 is 0 Å². The highest BCUT2D eigenvalue weighted by atomic mass is 32.2. The van der Waals surface area contributed by atoms with E-state index in [4.69, 9.17) is 0 Å². The first-order valence-electron chi connectivity index (χ1n) is 4.45. The van der Waals surface area contributed by atoms with E-state index in [-0.39, 0.29) is 0 Å². The van der Waals surface area contributed by atoms with Crippen molar-refractivity contribution < 1.29 is 0 Å². The van der Waals surface area contributed by atoms with Gasteiger partial charge in [0.05, 0.1) is 5.55 Å². The van der Waals surface area contributed by atoms with Crippen LogP contribution in [0.5, 0.6) is 0 Å². The molecule has 0 aromatic heterocycles. The van der Waals surface area contributed by atoms with E-state index in [1.54, 1.807) is 0 Å². The molecule has 1 heterocycles. The molecule has 0 aromatic carbocycles. The molecule has 0 spiro atoms. The Morgan fingerprint density at radius 3 is 2.58 bits per heavy atom. The Balaban J connectivity index is 2.61. The Morgan fingerprint density at radius 2 is 2.25 bits per heavy atom. The normalized spacial score (nSPS) is 23.9. The minimum absolute atomic E-state index is 0.465. The first-order chi connectivity index (χ1) is 5.55. The van der Waals surface area contributed by atoms with Crippen molar-refractivity contribution in [3.8, 4) is 0 Å². The smallest absolute Gasteiger partial charge is 0.121 e. The number of thioether (sulfide) groups is 1. The maximum absolute atomic E-state index is 4.47. The predicted molar refractivity (Wildman–Crippen MR) is 60.5 cm³/mol. The summed E-state index contributed by atoms with van der Waals surface area (Å²) in [6.45, 7) is 10.5. The van der Waals surface area contributed by atoms with Gasteiger partial charge in [-0.15, -0.1) is 11.8 Å². The Bertz CT molecular complexity index is 176. The lowest BCUT2D eigenvalue weighted by atomic mass is 10.5. The van der Waals surface area contributed by atoms with E-state index in [0.717, 1.165) is 12.3 Å². The van der Waals surface area contributed by atoms with Gasteiger partial charge in [0.1, 0.15) is 14.4 Å².